The number of hydrogen-bond acceptors (Lipinski definition) is 5. The summed E-state index contributed by atoms with van der Waals surface area (Å²) in [5.74, 6) is -0.482. The lowest BCUT2D eigenvalue weighted by molar-refractivity contribution is -0.160. The van der Waals surface area contributed by atoms with Gasteiger partial charge in [0, 0.05) is 6.42 Å². The number of likely N-dealkylation sites (tertiary alicyclic amines) is 1. The van der Waals surface area contributed by atoms with Crippen LogP contribution in [0.4, 0.5) is 4.79 Å². The van der Waals surface area contributed by atoms with Crippen LogP contribution < -0.4 is 0 Å². The van der Waals surface area contributed by atoms with E-state index in [4.69, 9.17) is 9.47 Å². The Hall–Kier alpha value is -2.08. The number of nitrogens with zero attached hydrogens (tertiary/aromatic N) is 1. The van der Waals surface area contributed by atoms with Crippen molar-refractivity contribution in [2.45, 2.75) is 51.5 Å². The average molecular weight is 321 g/mol. The average Bonchev–Trinajstić information content (AvgIpc) is 2.43. The molecule has 1 saturated heterocycles. The molecule has 2 atom stereocenters. The van der Waals surface area contributed by atoms with E-state index in [0.29, 0.717) is 6.42 Å². The van der Waals surface area contributed by atoms with Crippen LogP contribution in [0.2, 0.25) is 0 Å². The summed E-state index contributed by atoms with van der Waals surface area (Å²) in [5, 5.41) is 9.31. The monoisotopic (exact) mass is 321 g/mol. The molecule has 1 amide bonds. The van der Waals surface area contributed by atoms with Crippen molar-refractivity contribution in [3.63, 3.8) is 0 Å². The predicted molar refractivity (Wildman–Crippen MR) is 83.6 cm³/mol. The zero-order valence-corrected chi connectivity index (χ0v) is 13.7. The molecular formula is C17H23NO5. The minimum absolute atomic E-state index is 0.155. The van der Waals surface area contributed by atoms with Crippen LogP contribution in [0.25, 0.3) is 0 Å². The molecule has 2 rings (SSSR count). The molecule has 1 fully saturated rings. The number of carbonyl (C=O) groups excluding carboxylic acids is 2. The maximum atomic E-state index is 12.2. The van der Waals surface area contributed by atoms with Gasteiger partial charge in [-0.25, -0.2) is 9.59 Å². The Morgan fingerprint density at radius 2 is 1.91 bits per heavy atom. The molecule has 1 aliphatic rings. The van der Waals surface area contributed by atoms with Gasteiger partial charge in [-0.3, -0.25) is 4.90 Å². The van der Waals surface area contributed by atoms with E-state index < -0.39 is 29.7 Å². The third kappa shape index (κ3) is 4.45. The Morgan fingerprint density at radius 1 is 1.26 bits per heavy atom. The molecule has 1 N–H and O–H groups in total. The fourth-order valence-electron chi connectivity index (χ4n) is 2.39. The maximum Gasteiger partial charge on any atom is 0.411 e. The molecule has 0 saturated carbocycles. The summed E-state index contributed by atoms with van der Waals surface area (Å²) in [5.41, 5.74) is 0.216. The van der Waals surface area contributed by atoms with E-state index >= 15 is 0 Å². The van der Waals surface area contributed by atoms with Gasteiger partial charge in [0.25, 0.3) is 0 Å². The highest BCUT2D eigenvalue weighted by Gasteiger charge is 2.48. The van der Waals surface area contributed by atoms with E-state index in [2.05, 4.69) is 0 Å². The van der Waals surface area contributed by atoms with Crippen molar-refractivity contribution in [1.29, 1.82) is 0 Å². The highest BCUT2D eigenvalue weighted by molar-refractivity contribution is 5.84. The molecule has 23 heavy (non-hydrogen) atoms. The number of rotatable bonds is 4. The van der Waals surface area contributed by atoms with Gasteiger partial charge in [-0.1, -0.05) is 30.3 Å². The zero-order valence-electron chi connectivity index (χ0n) is 13.7. The van der Waals surface area contributed by atoms with Gasteiger partial charge >= 0.3 is 12.1 Å². The fraction of sp³-hybridized carbons (Fsp3) is 0.529. The van der Waals surface area contributed by atoms with Crippen LogP contribution >= 0.6 is 0 Å². The first-order chi connectivity index (χ1) is 10.8. The van der Waals surface area contributed by atoms with Gasteiger partial charge in [-0.2, -0.15) is 0 Å². The van der Waals surface area contributed by atoms with Crippen LogP contribution in [0.1, 0.15) is 32.8 Å². The van der Waals surface area contributed by atoms with Crippen molar-refractivity contribution in [3.8, 4) is 0 Å². The van der Waals surface area contributed by atoms with Gasteiger partial charge in [0.15, 0.2) is 0 Å². The number of ether oxygens (including phenoxy) is 2. The number of benzene rings is 1. The molecule has 6 heteroatoms. The third-order valence-corrected chi connectivity index (χ3v) is 3.54. The Bertz CT molecular complexity index is 552. The Balaban J connectivity index is 1.95. The Labute approximate surface area is 136 Å². The van der Waals surface area contributed by atoms with Crippen LogP contribution in [0, 0.1) is 0 Å². The first-order valence-electron chi connectivity index (χ1n) is 7.64. The van der Waals surface area contributed by atoms with Crippen LogP contribution in [0.15, 0.2) is 30.3 Å². The summed E-state index contributed by atoms with van der Waals surface area (Å²) in [6, 6.07) is 8.22. The summed E-state index contributed by atoms with van der Waals surface area (Å²) in [7, 11) is 0. The molecule has 1 aromatic rings. The van der Waals surface area contributed by atoms with E-state index in [-0.39, 0.29) is 13.2 Å². The van der Waals surface area contributed by atoms with Gasteiger partial charge in [-0.15, -0.1) is 0 Å². The van der Waals surface area contributed by atoms with E-state index in [0.717, 1.165) is 5.56 Å². The van der Waals surface area contributed by atoms with Crippen molar-refractivity contribution < 1.29 is 24.2 Å². The standard InChI is InChI=1S/C17H23NO5/c1-17(2,3)23-16(21)18-13(10-19)9-14(18)15(20)22-11-12-7-5-4-6-8-12/h4-8,13-14,19H,9-11H2,1-3H3. The fourth-order valence-corrected chi connectivity index (χ4v) is 2.39. The quantitative estimate of drug-likeness (QED) is 0.860. The van der Waals surface area contributed by atoms with Crippen molar-refractivity contribution in [2.75, 3.05) is 6.61 Å². The van der Waals surface area contributed by atoms with E-state index in [1.54, 1.807) is 20.8 Å². The molecule has 0 spiro atoms. The molecule has 0 aliphatic carbocycles. The lowest BCUT2D eigenvalue weighted by Gasteiger charge is -2.45. The first kappa shape index (κ1) is 17.3. The number of amides is 1. The molecule has 0 radical (unpaired) electrons. The summed E-state index contributed by atoms with van der Waals surface area (Å²) < 4.78 is 10.6. The lowest BCUT2D eigenvalue weighted by atomic mass is 9.94. The largest absolute Gasteiger partial charge is 0.459 e. The molecule has 0 aromatic heterocycles. The maximum absolute atomic E-state index is 12.2. The first-order valence-corrected chi connectivity index (χ1v) is 7.64. The van der Waals surface area contributed by atoms with E-state index in [9.17, 15) is 14.7 Å². The molecule has 1 heterocycles. The molecule has 6 nitrogen and oxygen atoms in total. The van der Waals surface area contributed by atoms with Crippen LogP contribution in [-0.2, 0) is 20.9 Å². The number of hydrogen-bond donors (Lipinski definition) is 1. The molecule has 2 unspecified atom stereocenters. The third-order valence-electron chi connectivity index (χ3n) is 3.54. The second-order valence-corrected chi connectivity index (χ2v) is 6.57. The second-order valence-electron chi connectivity index (χ2n) is 6.57. The van der Waals surface area contributed by atoms with Crippen LogP contribution in [0.5, 0.6) is 0 Å². The molecule has 0 bridgehead atoms. The summed E-state index contributed by atoms with van der Waals surface area (Å²) in [4.78, 5) is 25.6. The predicted octanol–water partition coefficient (Wildman–Crippen LogP) is 2.10. The van der Waals surface area contributed by atoms with Crippen molar-refractivity contribution in [2.24, 2.45) is 0 Å². The Kier molecular flexibility index (Phi) is 5.26. The topological polar surface area (TPSA) is 76.1 Å². The number of esters is 1. The van der Waals surface area contributed by atoms with Gasteiger partial charge in [-0.05, 0) is 26.3 Å². The van der Waals surface area contributed by atoms with Crippen molar-refractivity contribution in [1.82, 2.24) is 4.90 Å². The number of aliphatic hydroxyl groups excluding tert-OH is 1. The van der Waals surface area contributed by atoms with E-state index in [1.165, 1.54) is 4.90 Å². The molecule has 1 aliphatic heterocycles. The zero-order chi connectivity index (χ0) is 17.0. The minimum Gasteiger partial charge on any atom is -0.459 e. The summed E-state index contributed by atoms with van der Waals surface area (Å²) in [6.45, 7) is 5.20. The smallest absolute Gasteiger partial charge is 0.411 e. The number of carbonyl (C=O) groups is 2. The van der Waals surface area contributed by atoms with Crippen LogP contribution in [-0.4, -0.2) is 46.4 Å². The molecular weight excluding hydrogens is 298 g/mol. The highest BCUT2D eigenvalue weighted by atomic mass is 16.6. The summed E-state index contributed by atoms with van der Waals surface area (Å²) in [6.07, 6.45) is -0.229. The Morgan fingerprint density at radius 3 is 2.48 bits per heavy atom. The van der Waals surface area contributed by atoms with Gasteiger partial charge in [0.2, 0.25) is 0 Å². The van der Waals surface area contributed by atoms with Gasteiger partial charge < -0.3 is 14.6 Å². The van der Waals surface area contributed by atoms with Gasteiger partial charge in [0.05, 0.1) is 12.6 Å². The lowest BCUT2D eigenvalue weighted by Crippen LogP contribution is -2.64. The molecule has 1 aromatic carbocycles. The van der Waals surface area contributed by atoms with E-state index in [1.807, 2.05) is 30.3 Å². The summed E-state index contributed by atoms with van der Waals surface area (Å²) >= 11 is 0. The number of aliphatic hydroxyl groups is 1. The minimum atomic E-state index is -0.703. The van der Waals surface area contributed by atoms with Crippen molar-refractivity contribution in [3.05, 3.63) is 35.9 Å². The molecule has 126 valence electrons. The van der Waals surface area contributed by atoms with Crippen LogP contribution in [0.3, 0.4) is 0 Å². The highest BCUT2D eigenvalue weighted by Crippen LogP contribution is 2.29. The normalized spacial score (nSPS) is 20.6. The van der Waals surface area contributed by atoms with Gasteiger partial charge in [0.1, 0.15) is 18.2 Å². The second kappa shape index (κ2) is 7.00. The van der Waals surface area contributed by atoms with Crippen molar-refractivity contribution >= 4 is 12.1 Å². The SMILES string of the molecule is CC(C)(C)OC(=O)N1C(CO)CC1C(=O)OCc1ccccc1.